The van der Waals surface area contributed by atoms with Gasteiger partial charge < -0.3 is 19.7 Å². The summed E-state index contributed by atoms with van der Waals surface area (Å²) in [5.41, 5.74) is 3.70. The molecule has 2 aromatic rings. The minimum absolute atomic E-state index is 0.0982. The van der Waals surface area contributed by atoms with Crippen LogP contribution in [0.15, 0.2) is 42.5 Å². The molecular weight excluding hydrogens is 366 g/mol. The number of amides is 1. The Morgan fingerprint density at radius 3 is 2.69 bits per heavy atom. The van der Waals surface area contributed by atoms with Gasteiger partial charge in [-0.2, -0.15) is 0 Å². The molecule has 0 radical (unpaired) electrons. The highest BCUT2D eigenvalue weighted by atomic mass is 16.7. The van der Waals surface area contributed by atoms with Crippen LogP contribution in [0.5, 0.6) is 11.5 Å². The molecule has 0 atom stereocenters. The number of fused-ring (bicyclic) bond motifs is 1. The first kappa shape index (κ1) is 19.6. The van der Waals surface area contributed by atoms with Gasteiger partial charge in [0, 0.05) is 51.4 Å². The molecule has 2 aliphatic rings. The van der Waals surface area contributed by atoms with Crippen molar-refractivity contribution in [3.63, 3.8) is 0 Å². The second-order valence-corrected chi connectivity index (χ2v) is 7.71. The predicted octanol–water partition coefficient (Wildman–Crippen LogP) is 2.59. The Labute approximate surface area is 172 Å². The van der Waals surface area contributed by atoms with Crippen molar-refractivity contribution in [2.24, 2.45) is 0 Å². The van der Waals surface area contributed by atoms with Gasteiger partial charge in [0.1, 0.15) is 0 Å². The van der Waals surface area contributed by atoms with Gasteiger partial charge in [0.15, 0.2) is 11.5 Å². The number of piperazine rings is 1. The maximum Gasteiger partial charge on any atom is 0.231 e. The molecule has 0 saturated carbocycles. The standard InChI is InChI=1S/C23H29N3O3/c1-18-3-2-4-20(15-18)26-13-11-25(12-14-26)10-9-24-23(27)8-6-19-5-7-21-22(16-19)29-17-28-21/h2-5,7,15-16H,6,8-14,17H2,1H3,(H,24,27). The van der Waals surface area contributed by atoms with E-state index in [2.05, 4.69) is 46.3 Å². The monoisotopic (exact) mass is 395 g/mol. The summed E-state index contributed by atoms with van der Waals surface area (Å²) in [6.07, 6.45) is 1.19. The first-order valence-electron chi connectivity index (χ1n) is 10.4. The number of benzene rings is 2. The Morgan fingerprint density at radius 2 is 1.86 bits per heavy atom. The van der Waals surface area contributed by atoms with Crippen molar-refractivity contribution in [3.05, 3.63) is 53.6 Å². The topological polar surface area (TPSA) is 54.0 Å². The zero-order valence-electron chi connectivity index (χ0n) is 17.0. The molecule has 1 amide bonds. The zero-order chi connectivity index (χ0) is 20.1. The second kappa shape index (κ2) is 9.18. The van der Waals surface area contributed by atoms with Crippen molar-refractivity contribution in [2.45, 2.75) is 19.8 Å². The van der Waals surface area contributed by atoms with Gasteiger partial charge in [-0.05, 0) is 48.7 Å². The first-order valence-corrected chi connectivity index (χ1v) is 10.4. The van der Waals surface area contributed by atoms with Gasteiger partial charge in [-0.15, -0.1) is 0 Å². The number of ether oxygens (including phenoxy) is 2. The quantitative estimate of drug-likeness (QED) is 0.781. The van der Waals surface area contributed by atoms with Crippen molar-refractivity contribution < 1.29 is 14.3 Å². The number of carbonyl (C=O) groups is 1. The normalized spacial score (nSPS) is 16.1. The van der Waals surface area contributed by atoms with Crippen LogP contribution in [0, 0.1) is 6.92 Å². The summed E-state index contributed by atoms with van der Waals surface area (Å²) in [7, 11) is 0. The maximum absolute atomic E-state index is 12.2. The van der Waals surface area contributed by atoms with Crippen molar-refractivity contribution in [2.75, 3.05) is 51.0 Å². The lowest BCUT2D eigenvalue weighted by molar-refractivity contribution is -0.121. The van der Waals surface area contributed by atoms with Crippen LogP contribution < -0.4 is 19.7 Å². The SMILES string of the molecule is Cc1cccc(N2CCN(CCNC(=O)CCc3ccc4c(c3)OCO4)CC2)c1. The lowest BCUT2D eigenvalue weighted by Crippen LogP contribution is -2.48. The number of nitrogens with one attached hydrogen (secondary N) is 1. The largest absolute Gasteiger partial charge is 0.454 e. The van der Waals surface area contributed by atoms with Gasteiger partial charge in [0.25, 0.3) is 0 Å². The average molecular weight is 396 g/mol. The molecule has 0 spiro atoms. The number of aryl methyl sites for hydroxylation is 2. The fraction of sp³-hybridized carbons (Fsp3) is 0.435. The zero-order valence-corrected chi connectivity index (χ0v) is 17.0. The van der Waals surface area contributed by atoms with Crippen LogP contribution in [-0.2, 0) is 11.2 Å². The fourth-order valence-electron chi connectivity index (χ4n) is 3.85. The molecule has 2 aromatic carbocycles. The molecular formula is C23H29N3O3. The summed E-state index contributed by atoms with van der Waals surface area (Å²) in [6.45, 7) is 8.13. The Kier molecular flexibility index (Phi) is 6.20. The summed E-state index contributed by atoms with van der Waals surface area (Å²) in [6, 6.07) is 14.5. The van der Waals surface area contributed by atoms with Crippen LogP contribution in [-0.4, -0.2) is 56.9 Å². The van der Waals surface area contributed by atoms with E-state index in [1.54, 1.807) is 0 Å². The Hall–Kier alpha value is -2.73. The number of nitrogens with zero attached hydrogens (tertiary/aromatic N) is 2. The van der Waals surface area contributed by atoms with E-state index in [-0.39, 0.29) is 12.7 Å². The third kappa shape index (κ3) is 5.21. The maximum atomic E-state index is 12.2. The minimum atomic E-state index is 0.0982. The van der Waals surface area contributed by atoms with Crippen molar-refractivity contribution >= 4 is 11.6 Å². The Bertz CT molecular complexity index is 847. The summed E-state index contributed by atoms with van der Waals surface area (Å²) in [5, 5.41) is 3.05. The molecule has 1 fully saturated rings. The molecule has 4 rings (SSSR count). The van der Waals surface area contributed by atoms with Crippen molar-refractivity contribution in [3.8, 4) is 11.5 Å². The smallest absolute Gasteiger partial charge is 0.231 e. The van der Waals surface area contributed by atoms with Crippen LogP contribution in [0.25, 0.3) is 0 Å². The molecule has 154 valence electrons. The van der Waals surface area contributed by atoms with E-state index in [9.17, 15) is 4.79 Å². The van der Waals surface area contributed by atoms with E-state index in [0.717, 1.165) is 49.8 Å². The molecule has 0 aromatic heterocycles. The van der Waals surface area contributed by atoms with Gasteiger partial charge in [-0.1, -0.05) is 18.2 Å². The first-order chi connectivity index (χ1) is 14.2. The number of rotatable bonds is 7. The molecule has 2 heterocycles. The molecule has 29 heavy (non-hydrogen) atoms. The van der Waals surface area contributed by atoms with E-state index in [4.69, 9.17) is 9.47 Å². The molecule has 2 aliphatic heterocycles. The van der Waals surface area contributed by atoms with Gasteiger partial charge in [0.2, 0.25) is 12.7 Å². The summed E-state index contributed by atoms with van der Waals surface area (Å²) < 4.78 is 10.7. The number of hydrogen-bond donors (Lipinski definition) is 1. The van der Waals surface area contributed by atoms with E-state index in [1.165, 1.54) is 11.3 Å². The Balaban J connectivity index is 1.13. The third-order valence-corrected chi connectivity index (χ3v) is 5.57. The molecule has 0 bridgehead atoms. The van der Waals surface area contributed by atoms with Crippen LogP contribution >= 0.6 is 0 Å². The van der Waals surface area contributed by atoms with Crippen LogP contribution in [0.1, 0.15) is 17.5 Å². The predicted molar refractivity (Wildman–Crippen MR) is 114 cm³/mol. The molecule has 1 N–H and O–H groups in total. The highest BCUT2D eigenvalue weighted by Gasteiger charge is 2.17. The third-order valence-electron chi connectivity index (χ3n) is 5.57. The summed E-state index contributed by atoms with van der Waals surface area (Å²) in [5.74, 6) is 1.65. The highest BCUT2D eigenvalue weighted by Crippen LogP contribution is 2.32. The molecule has 0 aliphatic carbocycles. The van der Waals surface area contributed by atoms with E-state index < -0.39 is 0 Å². The highest BCUT2D eigenvalue weighted by molar-refractivity contribution is 5.76. The molecule has 0 unspecified atom stereocenters. The van der Waals surface area contributed by atoms with Gasteiger partial charge in [-0.25, -0.2) is 0 Å². The summed E-state index contributed by atoms with van der Waals surface area (Å²) >= 11 is 0. The van der Waals surface area contributed by atoms with Gasteiger partial charge in [-0.3, -0.25) is 9.69 Å². The van der Waals surface area contributed by atoms with Crippen LogP contribution in [0.2, 0.25) is 0 Å². The summed E-state index contributed by atoms with van der Waals surface area (Å²) in [4.78, 5) is 17.0. The van der Waals surface area contributed by atoms with Crippen molar-refractivity contribution in [1.29, 1.82) is 0 Å². The van der Waals surface area contributed by atoms with Crippen LogP contribution in [0.4, 0.5) is 5.69 Å². The number of hydrogen-bond acceptors (Lipinski definition) is 5. The fourth-order valence-corrected chi connectivity index (χ4v) is 3.85. The average Bonchev–Trinajstić information content (AvgIpc) is 3.21. The second-order valence-electron chi connectivity index (χ2n) is 7.71. The number of anilines is 1. The van der Waals surface area contributed by atoms with E-state index in [1.807, 2.05) is 18.2 Å². The Morgan fingerprint density at radius 1 is 1.03 bits per heavy atom. The molecule has 1 saturated heterocycles. The van der Waals surface area contributed by atoms with Gasteiger partial charge >= 0.3 is 0 Å². The van der Waals surface area contributed by atoms with Crippen molar-refractivity contribution in [1.82, 2.24) is 10.2 Å². The van der Waals surface area contributed by atoms with Gasteiger partial charge in [0.05, 0.1) is 0 Å². The molecule has 6 heteroatoms. The number of carbonyl (C=O) groups excluding carboxylic acids is 1. The molecule has 6 nitrogen and oxygen atoms in total. The van der Waals surface area contributed by atoms with E-state index in [0.29, 0.717) is 19.4 Å². The van der Waals surface area contributed by atoms with Crippen LogP contribution in [0.3, 0.4) is 0 Å². The minimum Gasteiger partial charge on any atom is -0.454 e. The van der Waals surface area contributed by atoms with E-state index >= 15 is 0 Å². The lowest BCUT2D eigenvalue weighted by Gasteiger charge is -2.36. The lowest BCUT2D eigenvalue weighted by atomic mass is 10.1.